The third kappa shape index (κ3) is 3.69. The van der Waals surface area contributed by atoms with E-state index < -0.39 is 0 Å². The fourth-order valence-electron chi connectivity index (χ4n) is 2.61. The largest absolute Gasteiger partial charge is 0.389 e. The molecule has 1 aromatic rings. The van der Waals surface area contributed by atoms with E-state index in [-0.39, 0.29) is 0 Å². The highest BCUT2D eigenvalue weighted by atomic mass is 32.1. The van der Waals surface area contributed by atoms with E-state index in [1.54, 1.807) is 0 Å². The van der Waals surface area contributed by atoms with Gasteiger partial charge in [-0.3, -0.25) is 4.90 Å². The maximum absolute atomic E-state index is 5.69. The van der Waals surface area contributed by atoms with Gasteiger partial charge in [-0.15, -0.1) is 0 Å². The molecule has 1 heterocycles. The van der Waals surface area contributed by atoms with E-state index >= 15 is 0 Å². The van der Waals surface area contributed by atoms with Gasteiger partial charge in [0.2, 0.25) is 0 Å². The lowest BCUT2D eigenvalue weighted by molar-refractivity contribution is 0.122. The molecule has 0 aromatic heterocycles. The predicted molar refractivity (Wildman–Crippen MR) is 89.5 cm³/mol. The fourth-order valence-corrected chi connectivity index (χ4v) is 2.84. The van der Waals surface area contributed by atoms with Crippen molar-refractivity contribution in [3.05, 3.63) is 29.3 Å². The summed E-state index contributed by atoms with van der Waals surface area (Å²) in [5.74, 6) is 0. The van der Waals surface area contributed by atoms with Crippen molar-refractivity contribution >= 4 is 22.9 Å². The first-order valence-corrected chi connectivity index (χ1v) is 7.41. The number of likely N-dealkylation sites (N-methyl/N-ethyl adjacent to an activating group) is 2. The highest BCUT2D eigenvalue weighted by Gasteiger charge is 2.21. The number of nitrogens with one attached hydrogen (secondary N) is 1. The summed E-state index contributed by atoms with van der Waals surface area (Å²) in [4.78, 5) is 5.26. The summed E-state index contributed by atoms with van der Waals surface area (Å²) in [6, 6.07) is 6.70. The maximum Gasteiger partial charge on any atom is 0.104 e. The molecule has 0 saturated carbocycles. The first-order valence-electron chi connectivity index (χ1n) is 7.00. The summed E-state index contributed by atoms with van der Waals surface area (Å²) < 4.78 is 0. The second-order valence-corrected chi connectivity index (χ2v) is 6.11. The Hall–Kier alpha value is -1.17. The smallest absolute Gasteiger partial charge is 0.104 e. The molecule has 4 nitrogen and oxygen atoms in total. The molecule has 1 atom stereocenters. The zero-order valence-corrected chi connectivity index (χ0v) is 13.3. The van der Waals surface area contributed by atoms with Crippen LogP contribution >= 0.6 is 12.2 Å². The van der Waals surface area contributed by atoms with Crippen molar-refractivity contribution in [1.29, 1.82) is 0 Å². The number of benzene rings is 1. The average molecular weight is 292 g/mol. The molecule has 1 saturated heterocycles. The summed E-state index contributed by atoms with van der Waals surface area (Å²) in [5.41, 5.74) is 8.90. The van der Waals surface area contributed by atoms with Gasteiger partial charge < -0.3 is 16.0 Å². The average Bonchev–Trinajstić information content (AvgIpc) is 2.39. The van der Waals surface area contributed by atoms with Crippen LogP contribution in [0.5, 0.6) is 0 Å². The molecule has 20 heavy (non-hydrogen) atoms. The Morgan fingerprint density at radius 2 is 2.15 bits per heavy atom. The minimum atomic E-state index is 0.461. The van der Waals surface area contributed by atoms with Crippen LogP contribution in [0, 0.1) is 6.92 Å². The van der Waals surface area contributed by atoms with Crippen molar-refractivity contribution in [2.75, 3.05) is 45.6 Å². The Morgan fingerprint density at radius 3 is 2.80 bits per heavy atom. The maximum atomic E-state index is 5.69. The van der Waals surface area contributed by atoms with Crippen molar-refractivity contribution in [3.8, 4) is 0 Å². The van der Waals surface area contributed by atoms with Crippen LogP contribution in [-0.4, -0.2) is 61.1 Å². The molecule has 1 unspecified atom stereocenters. The number of hydrogen-bond donors (Lipinski definition) is 2. The molecule has 1 aromatic carbocycles. The van der Waals surface area contributed by atoms with Gasteiger partial charge in [-0.2, -0.15) is 0 Å². The summed E-state index contributed by atoms with van der Waals surface area (Å²) in [6.07, 6.45) is 0. The first kappa shape index (κ1) is 15.2. The van der Waals surface area contributed by atoms with Crippen LogP contribution in [0.2, 0.25) is 0 Å². The van der Waals surface area contributed by atoms with Gasteiger partial charge in [0.25, 0.3) is 0 Å². The van der Waals surface area contributed by atoms with Crippen LogP contribution in [0.3, 0.4) is 0 Å². The highest BCUT2D eigenvalue weighted by molar-refractivity contribution is 7.80. The molecule has 2 rings (SSSR count). The predicted octanol–water partition coefficient (Wildman–Crippen LogP) is 1.29. The van der Waals surface area contributed by atoms with Crippen LogP contribution in [0.4, 0.5) is 5.69 Å². The number of rotatable bonds is 4. The third-order valence-electron chi connectivity index (χ3n) is 4.01. The van der Waals surface area contributed by atoms with E-state index in [0.717, 1.165) is 43.0 Å². The Kier molecular flexibility index (Phi) is 4.96. The Bertz CT molecular complexity index is 489. The van der Waals surface area contributed by atoms with Gasteiger partial charge in [0.15, 0.2) is 0 Å². The second kappa shape index (κ2) is 6.52. The molecule has 0 spiro atoms. The molecule has 0 amide bonds. The first-order chi connectivity index (χ1) is 9.47. The Balaban J connectivity index is 1.97. The molecule has 3 N–H and O–H groups in total. The number of anilines is 1. The Labute approximate surface area is 126 Å². The topological polar surface area (TPSA) is 44.5 Å². The number of nitrogens with two attached hydrogens (primary N) is 1. The summed E-state index contributed by atoms with van der Waals surface area (Å²) in [7, 11) is 4.38. The van der Waals surface area contributed by atoms with Crippen molar-refractivity contribution in [1.82, 2.24) is 9.80 Å². The molecule has 1 fully saturated rings. The summed E-state index contributed by atoms with van der Waals surface area (Å²) in [5, 5.41) is 3.52. The van der Waals surface area contributed by atoms with E-state index in [1.165, 1.54) is 0 Å². The summed E-state index contributed by atoms with van der Waals surface area (Å²) in [6.45, 7) is 6.37. The Morgan fingerprint density at radius 1 is 1.40 bits per heavy atom. The van der Waals surface area contributed by atoms with Gasteiger partial charge in [-0.05, 0) is 44.8 Å². The number of thiocarbonyl (C=S) groups is 1. The van der Waals surface area contributed by atoms with Crippen molar-refractivity contribution in [2.45, 2.75) is 13.0 Å². The molecule has 0 bridgehead atoms. The minimum absolute atomic E-state index is 0.461. The molecular formula is C15H24N4S. The number of hydrogen-bond acceptors (Lipinski definition) is 4. The molecule has 1 aliphatic heterocycles. The number of nitrogens with zero attached hydrogens (tertiary/aromatic N) is 2. The zero-order chi connectivity index (χ0) is 14.7. The van der Waals surface area contributed by atoms with Crippen LogP contribution < -0.4 is 11.1 Å². The molecule has 0 radical (unpaired) electrons. The summed E-state index contributed by atoms with van der Waals surface area (Å²) >= 11 is 5.03. The standard InChI is InChI=1S/C15H24N4S/c1-11-8-12(4-5-14(11)15(16)20)17-9-13-10-18(2)6-7-19(13)3/h4-5,8,13,17H,6-7,9-10H2,1-3H3,(H2,16,20). The van der Waals surface area contributed by atoms with Crippen molar-refractivity contribution in [3.63, 3.8) is 0 Å². The lowest BCUT2D eigenvalue weighted by Gasteiger charge is -2.37. The monoisotopic (exact) mass is 292 g/mol. The van der Waals surface area contributed by atoms with Crippen LogP contribution in [0.15, 0.2) is 18.2 Å². The minimum Gasteiger partial charge on any atom is -0.389 e. The zero-order valence-electron chi connectivity index (χ0n) is 12.5. The number of piperazine rings is 1. The van der Waals surface area contributed by atoms with Crippen molar-refractivity contribution < 1.29 is 0 Å². The van der Waals surface area contributed by atoms with E-state index in [0.29, 0.717) is 11.0 Å². The van der Waals surface area contributed by atoms with Gasteiger partial charge in [-0.1, -0.05) is 12.2 Å². The number of aryl methyl sites for hydroxylation is 1. The second-order valence-electron chi connectivity index (χ2n) is 5.67. The van der Waals surface area contributed by atoms with E-state index in [1.807, 2.05) is 19.1 Å². The molecular weight excluding hydrogens is 268 g/mol. The van der Waals surface area contributed by atoms with Crippen LogP contribution in [0.25, 0.3) is 0 Å². The van der Waals surface area contributed by atoms with Gasteiger partial charge in [-0.25, -0.2) is 0 Å². The lowest BCUT2D eigenvalue weighted by Crippen LogP contribution is -2.52. The van der Waals surface area contributed by atoms with E-state index in [4.69, 9.17) is 18.0 Å². The van der Waals surface area contributed by atoms with E-state index in [9.17, 15) is 0 Å². The normalized spacial score (nSPS) is 20.9. The molecule has 0 aliphatic carbocycles. The molecule has 1 aliphatic rings. The van der Waals surface area contributed by atoms with Gasteiger partial charge >= 0.3 is 0 Å². The lowest BCUT2D eigenvalue weighted by atomic mass is 10.1. The molecule has 5 heteroatoms. The molecule has 110 valence electrons. The highest BCUT2D eigenvalue weighted by Crippen LogP contribution is 2.16. The third-order valence-corrected chi connectivity index (χ3v) is 4.23. The van der Waals surface area contributed by atoms with Crippen molar-refractivity contribution in [2.24, 2.45) is 5.73 Å². The van der Waals surface area contributed by atoms with Gasteiger partial charge in [0, 0.05) is 43.5 Å². The van der Waals surface area contributed by atoms with Gasteiger partial charge in [0.1, 0.15) is 4.99 Å². The van der Waals surface area contributed by atoms with E-state index in [2.05, 4.69) is 35.3 Å². The van der Waals surface area contributed by atoms with Gasteiger partial charge in [0.05, 0.1) is 0 Å². The van der Waals surface area contributed by atoms with Crippen LogP contribution in [-0.2, 0) is 0 Å². The fraction of sp³-hybridized carbons (Fsp3) is 0.533. The van der Waals surface area contributed by atoms with Crippen LogP contribution in [0.1, 0.15) is 11.1 Å². The quantitative estimate of drug-likeness (QED) is 0.819. The SMILES string of the molecule is Cc1cc(NCC2CN(C)CCN2C)ccc1C(N)=S.